The first kappa shape index (κ1) is 9.25. The summed E-state index contributed by atoms with van der Waals surface area (Å²) >= 11 is 0. The number of likely N-dealkylation sites (N-methyl/N-ethyl adjacent to an activating group) is 1. The van der Waals surface area contributed by atoms with Crippen molar-refractivity contribution in [1.82, 2.24) is 4.90 Å². The van der Waals surface area contributed by atoms with Crippen molar-refractivity contribution < 1.29 is 4.79 Å². The van der Waals surface area contributed by atoms with Crippen LogP contribution < -0.4 is 0 Å². The minimum absolute atomic E-state index is 0.168. The highest BCUT2D eigenvalue weighted by atomic mass is 16.2. The molecule has 0 aromatic heterocycles. The zero-order chi connectivity index (χ0) is 10.1. The third-order valence-corrected chi connectivity index (χ3v) is 2.93. The van der Waals surface area contributed by atoms with Crippen LogP contribution in [0.25, 0.3) is 0 Å². The maximum atomic E-state index is 11.8. The number of rotatable bonds is 1. The lowest BCUT2D eigenvalue weighted by molar-refractivity contribution is 0.0780. The monoisotopic (exact) mass is 189 g/mol. The van der Waals surface area contributed by atoms with E-state index in [-0.39, 0.29) is 5.91 Å². The number of amides is 1. The van der Waals surface area contributed by atoms with Gasteiger partial charge in [-0.05, 0) is 30.0 Å². The summed E-state index contributed by atoms with van der Waals surface area (Å²) in [6, 6.07) is 6.04. The minimum atomic E-state index is 0.168. The molecule has 1 aliphatic heterocycles. The van der Waals surface area contributed by atoms with Gasteiger partial charge < -0.3 is 4.90 Å². The van der Waals surface area contributed by atoms with E-state index < -0.39 is 0 Å². The van der Waals surface area contributed by atoms with Crippen LogP contribution in [0.4, 0.5) is 0 Å². The van der Waals surface area contributed by atoms with Gasteiger partial charge in [-0.25, -0.2) is 0 Å². The van der Waals surface area contributed by atoms with Gasteiger partial charge in [-0.15, -0.1) is 0 Å². The Bertz CT molecular complexity index is 371. The lowest BCUT2D eigenvalue weighted by atomic mass is 9.93. The number of nitrogens with zero attached hydrogens (tertiary/aromatic N) is 1. The van der Waals surface area contributed by atoms with Crippen LogP contribution in [0.15, 0.2) is 18.2 Å². The Labute approximate surface area is 84.5 Å². The quantitative estimate of drug-likeness (QED) is 0.660. The van der Waals surface area contributed by atoms with E-state index in [9.17, 15) is 4.79 Å². The highest BCUT2D eigenvalue weighted by Gasteiger charge is 2.22. The fraction of sp³-hybridized carbons (Fsp3) is 0.417. The summed E-state index contributed by atoms with van der Waals surface area (Å²) in [5.41, 5.74) is 3.49. The van der Waals surface area contributed by atoms with Crippen LogP contribution in [0.5, 0.6) is 0 Å². The van der Waals surface area contributed by atoms with Crippen molar-refractivity contribution in [1.29, 1.82) is 0 Å². The molecule has 2 rings (SSSR count). The number of carbonyl (C=O) groups is 1. The maximum Gasteiger partial charge on any atom is 0.253 e. The molecule has 0 radical (unpaired) electrons. The molecule has 2 heteroatoms. The molecule has 1 amide bonds. The normalized spacial score (nSPS) is 15.6. The van der Waals surface area contributed by atoms with E-state index in [1.807, 2.05) is 19.2 Å². The summed E-state index contributed by atoms with van der Waals surface area (Å²) in [4.78, 5) is 13.6. The van der Waals surface area contributed by atoms with Gasteiger partial charge in [0.25, 0.3) is 5.91 Å². The van der Waals surface area contributed by atoms with Crippen molar-refractivity contribution in [2.45, 2.75) is 19.8 Å². The Morgan fingerprint density at radius 3 is 2.93 bits per heavy atom. The van der Waals surface area contributed by atoms with Crippen molar-refractivity contribution in [3.05, 3.63) is 34.9 Å². The van der Waals surface area contributed by atoms with E-state index in [0.717, 1.165) is 24.9 Å². The Morgan fingerprint density at radius 1 is 1.43 bits per heavy atom. The van der Waals surface area contributed by atoms with Gasteiger partial charge in [0.2, 0.25) is 0 Å². The molecular weight excluding hydrogens is 174 g/mol. The third-order valence-electron chi connectivity index (χ3n) is 2.93. The highest BCUT2D eigenvalue weighted by molar-refractivity contribution is 5.96. The van der Waals surface area contributed by atoms with E-state index in [0.29, 0.717) is 0 Å². The molecule has 0 atom stereocenters. The maximum absolute atomic E-state index is 11.8. The van der Waals surface area contributed by atoms with Gasteiger partial charge in [0, 0.05) is 19.2 Å². The summed E-state index contributed by atoms with van der Waals surface area (Å²) in [5.74, 6) is 0.168. The van der Waals surface area contributed by atoms with Gasteiger partial charge in [-0.1, -0.05) is 19.1 Å². The molecule has 1 heterocycles. The smallest absolute Gasteiger partial charge is 0.253 e. The number of hydrogen-bond acceptors (Lipinski definition) is 1. The molecule has 0 spiro atoms. The Kier molecular flexibility index (Phi) is 2.28. The van der Waals surface area contributed by atoms with Crippen molar-refractivity contribution in [2.75, 3.05) is 13.6 Å². The van der Waals surface area contributed by atoms with Crippen molar-refractivity contribution >= 4 is 5.91 Å². The van der Waals surface area contributed by atoms with Crippen LogP contribution >= 0.6 is 0 Å². The zero-order valence-electron chi connectivity index (χ0n) is 8.71. The molecule has 0 aliphatic carbocycles. The highest BCUT2D eigenvalue weighted by Crippen LogP contribution is 2.21. The Balaban J connectivity index is 2.52. The average molecular weight is 189 g/mol. The van der Waals surface area contributed by atoms with Gasteiger partial charge in [-0.2, -0.15) is 0 Å². The van der Waals surface area contributed by atoms with Crippen molar-refractivity contribution in [3.8, 4) is 0 Å². The first-order valence-corrected chi connectivity index (χ1v) is 5.10. The SMILES string of the molecule is CCc1cccc2c1CCN(C)C2=O. The van der Waals surface area contributed by atoms with E-state index in [2.05, 4.69) is 13.0 Å². The summed E-state index contributed by atoms with van der Waals surface area (Å²) in [7, 11) is 1.86. The zero-order valence-corrected chi connectivity index (χ0v) is 8.71. The summed E-state index contributed by atoms with van der Waals surface area (Å²) in [6.45, 7) is 2.99. The number of hydrogen-bond donors (Lipinski definition) is 0. The largest absolute Gasteiger partial charge is 0.341 e. The summed E-state index contributed by atoms with van der Waals surface area (Å²) in [6.07, 6.45) is 2.02. The van der Waals surface area contributed by atoms with E-state index in [1.165, 1.54) is 11.1 Å². The van der Waals surface area contributed by atoms with Crippen LogP contribution in [0, 0.1) is 0 Å². The van der Waals surface area contributed by atoms with Gasteiger partial charge >= 0.3 is 0 Å². The van der Waals surface area contributed by atoms with Gasteiger partial charge in [0.15, 0.2) is 0 Å². The molecule has 74 valence electrons. The van der Waals surface area contributed by atoms with E-state index in [4.69, 9.17) is 0 Å². The fourth-order valence-electron chi connectivity index (χ4n) is 2.05. The molecule has 0 N–H and O–H groups in total. The lowest BCUT2D eigenvalue weighted by Gasteiger charge is -2.26. The Morgan fingerprint density at radius 2 is 2.21 bits per heavy atom. The molecule has 1 aromatic carbocycles. The molecule has 2 nitrogen and oxygen atoms in total. The van der Waals surface area contributed by atoms with Gasteiger partial charge in [0.1, 0.15) is 0 Å². The number of benzene rings is 1. The molecule has 0 saturated heterocycles. The molecule has 14 heavy (non-hydrogen) atoms. The number of fused-ring (bicyclic) bond motifs is 1. The second kappa shape index (κ2) is 3.45. The van der Waals surface area contributed by atoms with Crippen LogP contribution in [0.2, 0.25) is 0 Å². The second-order valence-electron chi connectivity index (χ2n) is 3.77. The first-order valence-electron chi connectivity index (χ1n) is 5.10. The van der Waals surface area contributed by atoms with Crippen molar-refractivity contribution in [2.24, 2.45) is 0 Å². The number of carbonyl (C=O) groups excluding carboxylic acids is 1. The van der Waals surface area contributed by atoms with E-state index >= 15 is 0 Å². The van der Waals surface area contributed by atoms with Crippen LogP contribution in [0.3, 0.4) is 0 Å². The van der Waals surface area contributed by atoms with Crippen LogP contribution in [-0.4, -0.2) is 24.4 Å². The molecule has 0 unspecified atom stereocenters. The summed E-state index contributed by atoms with van der Waals surface area (Å²) in [5, 5.41) is 0. The van der Waals surface area contributed by atoms with Crippen molar-refractivity contribution in [3.63, 3.8) is 0 Å². The molecule has 0 fully saturated rings. The predicted molar refractivity (Wildman–Crippen MR) is 56.5 cm³/mol. The molecule has 1 aliphatic rings. The first-order chi connectivity index (χ1) is 6.74. The standard InChI is InChI=1S/C12H15NO/c1-3-9-5-4-6-11-10(9)7-8-13(2)12(11)14/h4-6H,3,7-8H2,1-2H3. The van der Waals surface area contributed by atoms with Crippen LogP contribution in [-0.2, 0) is 12.8 Å². The number of aryl methyl sites for hydroxylation is 1. The van der Waals surface area contributed by atoms with Gasteiger partial charge in [-0.3, -0.25) is 4.79 Å². The molecular formula is C12H15NO. The predicted octanol–water partition coefficient (Wildman–Crippen LogP) is 1.88. The minimum Gasteiger partial charge on any atom is -0.341 e. The summed E-state index contributed by atoms with van der Waals surface area (Å²) < 4.78 is 0. The van der Waals surface area contributed by atoms with Gasteiger partial charge in [0.05, 0.1) is 0 Å². The lowest BCUT2D eigenvalue weighted by Crippen LogP contribution is -2.34. The second-order valence-corrected chi connectivity index (χ2v) is 3.77. The average Bonchev–Trinajstić information content (AvgIpc) is 2.23. The topological polar surface area (TPSA) is 20.3 Å². The molecule has 1 aromatic rings. The third kappa shape index (κ3) is 1.31. The van der Waals surface area contributed by atoms with Crippen LogP contribution in [0.1, 0.15) is 28.4 Å². The fourth-order valence-corrected chi connectivity index (χ4v) is 2.05. The van der Waals surface area contributed by atoms with E-state index in [1.54, 1.807) is 4.90 Å². The Hall–Kier alpha value is -1.31. The molecule has 0 saturated carbocycles. The molecule has 0 bridgehead atoms.